The maximum atomic E-state index is 12.1. The largest absolute Gasteiger partial charge is 0.484 e. The van der Waals surface area contributed by atoms with Crippen molar-refractivity contribution in [1.82, 2.24) is 15.2 Å². The molecule has 1 amide bonds. The van der Waals surface area contributed by atoms with Crippen molar-refractivity contribution in [3.05, 3.63) is 29.3 Å². The van der Waals surface area contributed by atoms with E-state index in [9.17, 15) is 4.79 Å². The molecule has 0 saturated carbocycles. The van der Waals surface area contributed by atoms with Crippen LogP contribution < -0.4 is 15.0 Å². The van der Waals surface area contributed by atoms with Crippen molar-refractivity contribution in [1.29, 1.82) is 0 Å². The Morgan fingerprint density at radius 3 is 2.77 bits per heavy atom. The van der Waals surface area contributed by atoms with E-state index in [1.165, 1.54) is 17.5 Å². The first kappa shape index (κ1) is 18.2. The van der Waals surface area contributed by atoms with Gasteiger partial charge in [-0.05, 0) is 55.4 Å². The number of aromatic nitrogens is 3. The van der Waals surface area contributed by atoms with Gasteiger partial charge in [0.15, 0.2) is 6.61 Å². The number of rotatable bonds is 6. The maximum absolute atomic E-state index is 12.1. The van der Waals surface area contributed by atoms with E-state index in [2.05, 4.69) is 52.2 Å². The van der Waals surface area contributed by atoms with E-state index in [4.69, 9.17) is 4.74 Å². The predicted octanol–water partition coefficient (Wildman–Crippen LogP) is 3.24. The average molecular weight is 357 g/mol. The molecule has 0 aliphatic carbocycles. The van der Waals surface area contributed by atoms with Crippen molar-refractivity contribution in [3.63, 3.8) is 0 Å². The molecular formula is C19H27N5O2. The molecule has 0 spiro atoms. The van der Waals surface area contributed by atoms with Crippen molar-refractivity contribution < 1.29 is 9.53 Å². The molecule has 3 rings (SSSR count). The number of carbonyl (C=O) groups excluding carboxylic acids is 1. The smallest absolute Gasteiger partial charge is 0.264 e. The van der Waals surface area contributed by atoms with Crippen LogP contribution in [0.3, 0.4) is 0 Å². The van der Waals surface area contributed by atoms with Gasteiger partial charge in [-0.1, -0.05) is 19.9 Å². The van der Waals surface area contributed by atoms with Gasteiger partial charge in [-0.2, -0.15) is 4.98 Å². The second kappa shape index (κ2) is 8.21. The van der Waals surface area contributed by atoms with E-state index in [1.807, 2.05) is 12.1 Å². The molecule has 1 aromatic carbocycles. The zero-order valence-corrected chi connectivity index (χ0v) is 15.7. The van der Waals surface area contributed by atoms with E-state index in [1.54, 1.807) is 0 Å². The number of aryl methyl sites for hydroxylation is 1. The Morgan fingerprint density at radius 2 is 2.08 bits per heavy atom. The minimum atomic E-state index is -0.267. The Morgan fingerprint density at radius 1 is 1.31 bits per heavy atom. The lowest BCUT2D eigenvalue weighted by molar-refractivity contribution is -0.118. The number of aromatic amines is 1. The van der Waals surface area contributed by atoms with Gasteiger partial charge < -0.3 is 9.64 Å². The molecule has 7 heteroatoms. The third-order valence-electron chi connectivity index (χ3n) is 4.60. The van der Waals surface area contributed by atoms with Gasteiger partial charge in [-0.3, -0.25) is 10.1 Å². The SMILES string of the molecule is Cc1cc(OCC(=O)Nc2nc(N3CCCCC3)n[nH]2)ccc1C(C)C. The number of carbonyl (C=O) groups is 1. The summed E-state index contributed by atoms with van der Waals surface area (Å²) < 4.78 is 5.59. The number of amides is 1. The molecule has 1 aromatic heterocycles. The summed E-state index contributed by atoms with van der Waals surface area (Å²) in [5.74, 6) is 1.88. The lowest BCUT2D eigenvalue weighted by Crippen LogP contribution is -2.30. The van der Waals surface area contributed by atoms with Gasteiger partial charge in [0.05, 0.1) is 0 Å². The fourth-order valence-electron chi connectivity index (χ4n) is 3.25. The van der Waals surface area contributed by atoms with Crippen LogP contribution in [0.5, 0.6) is 5.75 Å². The standard InChI is InChI=1S/C19H27N5O2/c1-13(2)16-8-7-15(11-14(16)3)26-12-17(25)20-18-21-19(23-22-18)24-9-5-4-6-10-24/h7-8,11,13H,4-6,9-10,12H2,1-3H3,(H2,20,21,22,23,25). The van der Waals surface area contributed by atoms with E-state index < -0.39 is 0 Å². The topological polar surface area (TPSA) is 83.1 Å². The molecule has 0 atom stereocenters. The Balaban J connectivity index is 1.51. The molecule has 1 fully saturated rings. The fraction of sp³-hybridized carbons (Fsp3) is 0.526. The molecule has 140 valence electrons. The van der Waals surface area contributed by atoms with Gasteiger partial charge in [-0.15, -0.1) is 5.10 Å². The summed E-state index contributed by atoms with van der Waals surface area (Å²) >= 11 is 0. The zero-order valence-electron chi connectivity index (χ0n) is 15.7. The average Bonchev–Trinajstić information content (AvgIpc) is 3.09. The summed E-state index contributed by atoms with van der Waals surface area (Å²) in [5.41, 5.74) is 2.45. The summed E-state index contributed by atoms with van der Waals surface area (Å²) in [6.45, 7) is 8.22. The number of hydrogen-bond donors (Lipinski definition) is 2. The Bertz CT molecular complexity index is 750. The molecule has 0 radical (unpaired) electrons. The number of ether oxygens (including phenoxy) is 1. The predicted molar refractivity (Wildman–Crippen MR) is 102 cm³/mol. The fourth-order valence-corrected chi connectivity index (χ4v) is 3.25. The lowest BCUT2D eigenvalue weighted by Gasteiger charge is -2.24. The van der Waals surface area contributed by atoms with Crippen LogP contribution in [-0.2, 0) is 4.79 Å². The molecule has 1 saturated heterocycles. The van der Waals surface area contributed by atoms with Gasteiger partial charge >= 0.3 is 0 Å². The minimum Gasteiger partial charge on any atom is -0.484 e. The van der Waals surface area contributed by atoms with Gasteiger partial charge in [0.1, 0.15) is 5.75 Å². The normalized spacial score (nSPS) is 14.5. The summed E-state index contributed by atoms with van der Waals surface area (Å²) in [4.78, 5) is 18.6. The number of benzene rings is 1. The molecule has 1 aliphatic heterocycles. The summed E-state index contributed by atoms with van der Waals surface area (Å²) in [7, 11) is 0. The number of anilines is 2. The Kier molecular flexibility index (Phi) is 5.75. The highest BCUT2D eigenvalue weighted by Crippen LogP contribution is 2.23. The van der Waals surface area contributed by atoms with Gasteiger partial charge in [0.25, 0.3) is 5.91 Å². The maximum Gasteiger partial charge on any atom is 0.264 e. The zero-order chi connectivity index (χ0) is 18.5. The van der Waals surface area contributed by atoms with Crippen LogP contribution in [0.1, 0.15) is 50.2 Å². The van der Waals surface area contributed by atoms with Crippen molar-refractivity contribution >= 4 is 17.8 Å². The third kappa shape index (κ3) is 4.53. The van der Waals surface area contributed by atoms with E-state index in [0.717, 1.165) is 25.9 Å². The van der Waals surface area contributed by atoms with Crippen molar-refractivity contribution in [2.24, 2.45) is 0 Å². The number of H-pyrrole nitrogens is 1. The first-order valence-electron chi connectivity index (χ1n) is 9.23. The van der Waals surface area contributed by atoms with Crippen molar-refractivity contribution in [3.8, 4) is 5.75 Å². The van der Waals surface area contributed by atoms with Crippen LogP contribution >= 0.6 is 0 Å². The summed E-state index contributed by atoms with van der Waals surface area (Å²) in [6, 6.07) is 5.92. The second-order valence-electron chi connectivity index (χ2n) is 7.04. The molecule has 1 aliphatic rings. The van der Waals surface area contributed by atoms with E-state index in [0.29, 0.717) is 23.6 Å². The first-order valence-corrected chi connectivity index (χ1v) is 9.23. The van der Waals surface area contributed by atoms with Gasteiger partial charge in [0, 0.05) is 13.1 Å². The first-order chi connectivity index (χ1) is 12.5. The Hall–Kier alpha value is -2.57. The Labute approximate surface area is 154 Å². The number of hydrogen-bond acceptors (Lipinski definition) is 5. The van der Waals surface area contributed by atoms with E-state index >= 15 is 0 Å². The van der Waals surface area contributed by atoms with Gasteiger partial charge in [0.2, 0.25) is 11.9 Å². The number of nitrogens with zero attached hydrogens (tertiary/aromatic N) is 3. The third-order valence-corrected chi connectivity index (χ3v) is 4.60. The summed E-state index contributed by atoms with van der Waals surface area (Å²) in [6.07, 6.45) is 3.55. The monoisotopic (exact) mass is 357 g/mol. The quantitative estimate of drug-likeness (QED) is 0.829. The van der Waals surface area contributed by atoms with E-state index in [-0.39, 0.29) is 12.5 Å². The molecule has 2 N–H and O–H groups in total. The molecule has 2 aromatic rings. The summed E-state index contributed by atoms with van der Waals surface area (Å²) in [5, 5.41) is 9.65. The highest BCUT2D eigenvalue weighted by Gasteiger charge is 2.16. The molecular weight excluding hydrogens is 330 g/mol. The molecule has 0 bridgehead atoms. The minimum absolute atomic E-state index is 0.0692. The number of nitrogens with one attached hydrogen (secondary N) is 2. The highest BCUT2D eigenvalue weighted by molar-refractivity contribution is 5.90. The van der Waals surface area contributed by atoms with Crippen LogP contribution in [0.4, 0.5) is 11.9 Å². The van der Waals surface area contributed by atoms with Crippen molar-refractivity contribution in [2.45, 2.75) is 46.0 Å². The van der Waals surface area contributed by atoms with Crippen molar-refractivity contribution in [2.75, 3.05) is 29.9 Å². The number of piperidine rings is 1. The lowest BCUT2D eigenvalue weighted by atomic mass is 9.98. The van der Waals surface area contributed by atoms with Crippen LogP contribution in [0, 0.1) is 6.92 Å². The van der Waals surface area contributed by atoms with Crippen LogP contribution in [0.25, 0.3) is 0 Å². The second-order valence-corrected chi connectivity index (χ2v) is 7.04. The molecule has 0 unspecified atom stereocenters. The molecule has 7 nitrogen and oxygen atoms in total. The highest BCUT2D eigenvalue weighted by atomic mass is 16.5. The molecule has 2 heterocycles. The van der Waals surface area contributed by atoms with Crippen LogP contribution in [-0.4, -0.2) is 40.8 Å². The van der Waals surface area contributed by atoms with Crippen LogP contribution in [0.2, 0.25) is 0 Å². The molecule has 26 heavy (non-hydrogen) atoms. The van der Waals surface area contributed by atoms with Crippen LogP contribution in [0.15, 0.2) is 18.2 Å². The van der Waals surface area contributed by atoms with Gasteiger partial charge in [-0.25, -0.2) is 5.10 Å².